The SMILES string of the molecule is C=N/C(=C(/OCOC)C(=C)/C(C)=C/C)c1cc(F)cc(N2CCN(C(C)(C)C)CC2)c1. The summed E-state index contributed by atoms with van der Waals surface area (Å²) in [7, 11) is 1.54. The molecule has 0 bridgehead atoms. The molecule has 31 heavy (non-hydrogen) atoms. The van der Waals surface area contributed by atoms with E-state index in [1.807, 2.05) is 26.0 Å². The van der Waals surface area contributed by atoms with Crippen molar-refractivity contribution in [3.63, 3.8) is 0 Å². The van der Waals surface area contributed by atoms with Crippen molar-refractivity contribution in [2.24, 2.45) is 4.99 Å². The van der Waals surface area contributed by atoms with Crippen LogP contribution in [0.25, 0.3) is 5.70 Å². The van der Waals surface area contributed by atoms with Crippen LogP contribution in [0.15, 0.2) is 52.8 Å². The van der Waals surface area contributed by atoms with E-state index in [2.05, 4.69) is 48.9 Å². The van der Waals surface area contributed by atoms with E-state index in [-0.39, 0.29) is 18.1 Å². The van der Waals surface area contributed by atoms with Crippen molar-refractivity contribution in [2.45, 2.75) is 40.2 Å². The van der Waals surface area contributed by atoms with Gasteiger partial charge < -0.3 is 14.4 Å². The van der Waals surface area contributed by atoms with Crippen molar-refractivity contribution in [1.82, 2.24) is 4.90 Å². The Morgan fingerprint density at radius 1 is 1.19 bits per heavy atom. The number of rotatable bonds is 8. The van der Waals surface area contributed by atoms with Gasteiger partial charge in [0.1, 0.15) is 11.5 Å². The Bertz CT molecular complexity index is 860. The number of methoxy groups -OCH3 is 1. The highest BCUT2D eigenvalue weighted by atomic mass is 19.1. The standard InChI is InChI=1S/C25H36FN3O2/c1-9-18(2)19(3)24(31-17-30-8)23(27-7)20-14-21(26)16-22(15-20)28-10-12-29(13-11-28)25(4,5)6/h9,14-16H,3,7,10-13,17H2,1-2,4-6,8H3/b18-9+,24-23+. The molecule has 1 aliphatic heterocycles. The fourth-order valence-corrected chi connectivity index (χ4v) is 3.59. The Kier molecular flexibility index (Phi) is 8.60. The molecule has 1 fully saturated rings. The molecule has 1 aliphatic rings. The third-order valence-corrected chi connectivity index (χ3v) is 5.63. The molecule has 6 heteroatoms. The largest absolute Gasteiger partial charge is 0.465 e. The lowest BCUT2D eigenvalue weighted by Gasteiger charge is -2.43. The van der Waals surface area contributed by atoms with Crippen LogP contribution in [-0.2, 0) is 9.47 Å². The third kappa shape index (κ3) is 6.28. The Balaban J connectivity index is 2.44. The summed E-state index contributed by atoms with van der Waals surface area (Å²) in [6.07, 6.45) is 1.94. The van der Waals surface area contributed by atoms with E-state index in [0.29, 0.717) is 22.6 Å². The molecule has 1 saturated heterocycles. The number of benzene rings is 1. The molecule has 0 atom stereocenters. The zero-order valence-corrected chi connectivity index (χ0v) is 19.8. The first kappa shape index (κ1) is 24.8. The zero-order valence-electron chi connectivity index (χ0n) is 19.8. The van der Waals surface area contributed by atoms with Crippen LogP contribution in [0.3, 0.4) is 0 Å². The Morgan fingerprint density at radius 3 is 2.35 bits per heavy atom. The normalized spacial score (nSPS) is 16.7. The molecule has 0 radical (unpaired) electrons. The van der Waals surface area contributed by atoms with Gasteiger partial charge in [0, 0.05) is 55.7 Å². The van der Waals surface area contributed by atoms with E-state index in [0.717, 1.165) is 37.4 Å². The second kappa shape index (κ2) is 10.7. The summed E-state index contributed by atoms with van der Waals surface area (Å²) >= 11 is 0. The van der Waals surface area contributed by atoms with E-state index in [1.54, 1.807) is 13.2 Å². The van der Waals surface area contributed by atoms with Crippen molar-refractivity contribution >= 4 is 18.1 Å². The van der Waals surface area contributed by atoms with E-state index < -0.39 is 0 Å². The maximum atomic E-state index is 14.7. The highest BCUT2D eigenvalue weighted by Crippen LogP contribution is 2.32. The Morgan fingerprint density at radius 2 is 1.84 bits per heavy atom. The minimum Gasteiger partial charge on any atom is -0.465 e. The molecule has 0 amide bonds. The van der Waals surface area contributed by atoms with Crippen LogP contribution in [0, 0.1) is 5.82 Å². The highest BCUT2D eigenvalue weighted by Gasteiger charge is 2.26. The van der Waals surface area contributed by atoms with Crippen molar-refractivity contribution in [3.8, 4) is 0 Å². The molecule has 0 unspecified atom stereocenters. The lowest BCUT2D eigenvalue weighted by atomic mass is 10.0. The Labute approximate surface area is 186 Å². The number of piperazine rings is 1. The molecule has 170 valence electrons. The molecule has 5 nitrogen and oxygen atoms in total. The molecule has 0 spiro atoms. The molecule has 0 N–H and O–H groups in total. The van der Waals surface area contributed by atoms with Gasteiger partial charge in [-0.25, -0.2) is 4.39 Å². The average Bonchev–Trinajstić information content (AvgIpc) is 2.74. The molecular weight excluding hydrogens is 393 g/mol. The quantitative estimate of drug-likeness (QED) is 0.245. The molecule has 0 aliphatic carbocycles. The summed E-state index contributed by atoms with van der Waals surface area (Å²) in [6.45, 7) is 21.9. The molecular formula is C25H36FN3O2. The van der Waals surface area contributed by atoms with Crippen molar-refractivity contribution in [3.05, 3.63) is 59.1 Å². The molecule has 1 heterocycles. The number of nitrogens with zero attached hydrogens (tertiary/aromatic N) is 3. The van der Waals surface area contributed by atoms with Crippen LogP contribution in [-0.4, -0.2) is 57.2 Å². The zero-order chi connectivity index (χ0) is 23.2. The number of hydrogen-bond acceptors (Lipinski definition) is 5. The maximum absolute atomic E-state index is 14.7. The van der Waals surface area contributed by atoms with Crippen LogP contribution in [0.4, 0.5) is 10.1 Å². The van der Waals surface area contributed by atoms with Gasteiger partial charge in [0.15, 0.2) is 12.6 Å². The van der Waals surface area contributed by atoms with E-state index in [9.17, 15) is 4.39 Å². The fourth-order valence-electron chi connectivity index (χ4n) is 3.59. The lowest BCUT2D eigenvalue weighted by molar-refractivity contribution is 0.00946. The smallest absolute Gasteiger partial charge is 0.188 e. The lowest BCUT2D eigenvalue weighted by Crippen LogP contribution is -2.53. The minimum atomic E-state index is -0.327. The summed E-state index contributed by atoms with van der Waals surface area (Å²) < 4.78 is 25.5. The van der Waals surface area contributed by atoms with Gasteiger partial charge in [-0.15, -0.1) is 0 Å². The van der Waals surface area contributed by atoms with Crippen LogP contribution >= 0.6 is 0 Å². The summed E-state index contributed by atoms with van der Waals surface area (Å²) in [6, 6.07) is 4.96. The van der Waals surface area contributed by atoms with Crippen molar-refractivity contribution in [1.29, 1.82) is 0 Å². The average molecular weight is 430 g/mol. The molecule has 0 aromatic heterocycles. The van der Waals surface area contributed by atoms with Gasteiger partial charge in [0.2, 0.25) is 0 Å². The van der Waals surface area contributed by atoms with Crippen LogP contribution < -0.4 is 4.90 Å². The van der Waals surface area contributed by atoms with Crippen LogP contribution in [0.2, 0.25) is 0 Å². The maximum Gasteiger partial charge on any atom is 0.188 e. The van der Waals surface area contributed by atoms with Gasteiger partial charge in [-0.3, -0.25) is 9.89 Å². The van der Waals surface area contributed by atoms with E-state index in [4.69, 9.17) is 9.47 Å². The number of aliphatic imine (C=N–C) groups is 1. The van der Waals surface area contributed by atoms with Gasteiger partial charge >= 0.3 is 0 Å². The first-order valence-electron chi connectivity index (χ1n) is 10.6. The first-order valence-corrected chi connectivity index (χ1v) is 10.6. The fraction of sp³-hybridized carbons (Fsp3) is 0.480. The summed E-state index contributed by atoms with van der Waals surface area (Å²) in [5.74, 6) is 0.105. The topological polar surface area (TPSA) is 37.3 Å². The summed E-state index contributed by atoms with van der Waals surface area (Å²) in [5.41, 5.74) is 3.58. The molecule has 2 rings (SSSR count). The van der Waals surface area contributed by atoms with Crippen LogP contribution in [0.5, 0.6) is 0 Å². The summed E-state index contributed by atoms with van der Waals surface area (Å²) in [5, 5.41) is 0. The molecule has 1 aromatic rings. The second-order valence-electron chi connectivity index (χ2n) is 8.68. The van der Waals surface area contributed by atoms with Gasteiger partial charge in [0.25, 0.3) is 0 Å². The Hall–Kier alpha value is -2.44. The summed E-state index contributed by atoms with van der Waals surface area (Å²) in [4.78, 5) is 8.84. The van der Waals surface area contributed by atoms with Gasteiger partial charge in [-0.2, -0.15) is 0 Å². The number of anilines is 1. The first-order chi connectivity index (χ1) is 14.6. The van der Waals surface area contributed by atoms with Crippen LogP contribution in [0.1, 0.15) is 40.2 Å². The minimum absolute atomic E-state index is 0.0291. The van der Waals surface area contributed by atoms with Gasteiger partial charge in [0.05, 0.1) is 0 Å². The predicted molar refractivity (Wildman–Crippen MR) is 128 cm³/mol. The van der Waals surface area contributed by atoms with Crippen molar-refractivity contribution < 1.29 is 13.9 Å². The number of ether oxygens (including phenoxy) is 2. The third-order valence-electron chi connectivity index (χ3n) is 5.63. The second-order valence-corrected chi connectivity index (χ2v) is 8.68. The van der Waals surface area contributed by atoms with Gasteiger partial charge in [-0.05, 0) is 65.1 Å². The number of hydrogen-bond donors (Lipinski definition) is 0. The monoisotopic (exact) mass is 429 g/mol. The van der Waals surface area contributed by atoms with E-state index >= 15 is 0 Å². The number of allylic oxidation sites excluding steroid dienone is 2. The van der Waals surface area contributed by atoms with E-state index in [1.165, 1.54) is 6.07 Å². The van der Waals surface area contributed by atoms with Gasteiger partial charge in [-0.1, -0.05) is 12.7 Å². The predicted octanol–water partition coefficient (Wildman–Crippen LogP) is 5.26. The number of halogens is 1. The molecule has 1 aromatic carbocycles. The van der Waals surface area contributed by atoms with Crippen molar-refractivity contribution in [2.75, 3.05) is 45.0 Å². The highest BCUT2D eigenvalue weighted by molar-refractivity contribution is 5.76. The molecule has 0 saturated carbocycles.